The first-order chi connectivity index (χ1) is 15.8. The Morgan fingerprint density at radius 3 is 2.39 bits per heavy atom. The van der Waals surface area contributed by atoms with Crippen molar-refractivity contribution < 1.29 is 29.4 Å². The summed E-state index contributed by atoms with van der Waals surface area (Å²) in [4.78, 5) is 51.3. The van der Waals surface area contributed by atoms with Crippen molar-refractivity contribution in [1.82, 2.24) is 10.2 Å². The molecule has 2 aliphatic heterocycles. The number of carbonyl (C=O) groups excluding carboxylic acids is 2. The Morgan fingerprint density at radius 1 is 1.00 bits per heavy atom. The van der Waals surface area contributed by atoms with Crippen LogP contribution in [-0.4, -0.2) is 50.9 Å². The Labute approximate surface area is 191 Å². The van der Waals surface area contributed by atoms with Gasteiger partial charge in [-0.05, 0) is 36.0 Å². The van der Waals surface area contributed by atoms with Crippen LogP contribution in [0.1, 0.15) is 42.0 Å². The fourth-order valence-corrected chi connectivity index (χ4v) is 4.97. The lowest BCUT2D eigenvalue weighted by Gasteiger charge is -2.30. The molecule has 0 radical (unpaired) electrons. The van der Waals surface area contributed by atoms with E-state index >= 15 is 0 Å². The van der Waals surface area contributed by atoms with Gasteiger partial charge in [-0.1, -0.05) is 54.6 Å². The predicted molar refractivity (Wildman–Crippen MR) is 118 cm³/mol. The Hall–Kier alpha value is -3.68. The smallest absolute Gasteiger partial charge is 0.326 e. The van der Waals surface area contributed by atoms with Gasteiger partial charge in [0.05, 0.1) is 18.4 Å². The minimum atomic E-state index is -1.10. The second-order valence-corrected chi connectivity index (χ2v) is 8.64. The van der Waals surface area contributed by atoms with Gasteiger partial charge in [0, 0.05) is 6.42 Å². The first kappa shape index (κ1) is 22.5. The summed E-state index contributed by atoms with van der Waals surface area (Å²) in [6.07, 6.45) is 0.959. The molecular formula is C25H26N2O6. The maximum Gasteiger partial charge on any atom is 0.326 e. The minimum absolute atomic E-state index is 0.223. The van der Waals surface area contributed by atoms with E-state index in [2.05, 4.69) is 5.32 Å². The van der Waals surface area contributed by atoms with Crippen LogP contribution in [0.4, 0.5) is 0 Å². The number of carbonyl (C=O) groups is 4. The summed E-state index contributed by atoms with van der Waals surface area (Å²) in [7, 11) is 0. The van der Waals surface area contributed by atoms with Crippen LogP contribution in [0.3, 0.4) is 0 Å². The van der Waals surface area contributed by atoms with Crippen molar-refractivity contribution in [3.05, 3.63) is 71.3 Å². The summed E-state index contributed by atoms with van der Waals surface area (Å²) >= 11 is 0. The zero-order chi connectivity index (χ0) is 23.5. The molecule has 0 aromatic heterocycles. The Balaban J connectivity index is 1.61. The van der Waals surface area contributed by atoms with Crippen LogP contribution in [-0.2, 0) is 32.0 Å². The second-order valence-electron chi connectivity index (χ2n) is 8.64. The van der Waals surface area contributed by atoms with Crippen molar-refractivity contribution >= 4 is 23.8 Å². The third kappa shape index (κ3) is 4.74. The van der Waals surface area contributed by atoms with Crippen LogP contribution in [0.15, 0.2) is 54.6 Å². The van der Waals surface area contributed by atoms with Crippen LogP contribution in [0.5, 0.6) is 0 Å². The molecule has 2 aromatic carbocycles. The molecule has 1 fully saturated rings. The van der Waals surface area contributed by atoms with Gasteiger partial charge in [-0.25, -0.2) is 4.79 Å². The van der Waals surface area contributed by atoms with E-state index in [9.17, 15) is 29.4 Å². The number of nitrogens with one attached hydrogen (secondary N) is 1. The number of fused-ring (bicyclic) bond motifs is 3. The van der Waals surface area contributed by atoms with Crippen molar-refractivity contribution in [3.63, 3.8) is 0 Å². The molecule has 0 aliphatic carbocycles. The fourth-order valence-electron chi connectivity index (χ4n) is 4.97. The lowest BCUT2D eigenvalue weighted by Crippen LogP contribution is -2.53. The van der Waals surface area contributed by atoms with E-state index in [-0.39, 0.29) is 25.3 Å². The largest absolute Gasteiger partial charge is 0.481 e. The molecule has 4 atom stereocenters. The Bertz CT molecular complexity index is 1070. The van der Waals surface area contributed by atoms with Crippen LogP contribution < -0.4 is 5.32 Å². The quantitative estimate of drug-likeness (QED) is 0.594. The van der Waals surface area contributed by atoms with E-state index in [1.54, 1.807) is 0 Å². The average Bonchev–Trinajstić information content (AvgIpc) is 3.19. The molecule has 172 valence electrons. The highest BCUT2D eigenvalue weighted by Crippen LogP contribution is 2.40. The van der Waals surface area contributed by atoms with Gasteiger partial charge in [0.1, 0.15) is 12.1 Å². The van der Waals surface area contributed by atoms with E-state index in [0.29, 0.717) is 12.8 Å². The zero-order valence-corrected chi connectivity index (χ0v) is 18.0. The van der Waals surface area contributed by atoms with E-state index in [1.807, 2.05) is 54.6 Å². The van der Waals surface area contributed by atoms with Crippen molar-refractivity contribution in [1.29, 1.82) is 0 Å². The Morgan fingerprint density at radius 2 is 1.70 bits per heavy atom. The minimum Gasteiger partial charge on any atom is -0.481 e. The van der Waals surface area contributed by atoms with Crippen LogP contribution >= 0.6 is 0 Å². The molecule has 0 saturated carbocycles. The summed E-state index contributed by atoms with van der Waals surface area (Å²) < 4.78 is 0. The van der Waals surface area contributed by atoms with Crippen LogP contribution in [0.25, 0.3) is 0 Å². The first-order valence-electron chi connectivity index (χ1n) is 11.0. The maximum atomic E-state index is 13.5. The van der Waals surface area contributed by atoms with Gasteiger partial charge in [-0.3, -0.25) is 14.4 Å². The van der Waals surface area contributed by atoms with Crippen LogP contribution in [0.2, 0.25) is 0 Å². The molecule has 8 nitrogen and oxygen atoms in total. The lowest BCUT2D eigenvalue weighted by molar-refractivity contribution is -0.151. The summed E-state index contributed by atoms with van der Waals surface area (Å²) in [5.41, 5.74) is 2.60. The molecule has 1 saturated heterocycles. The summed E-state index contributed by atoms with van der Waals surface area (Å²) in [6, 6.07) is 14.3. The van der Waals surface area contributed by atoms with Crippen LogP contribution in [0, 0.1) is 5.92 Å². The van der Waals surface area contributed by atoms with E-state index < -0.39 is 41.8 Å². The molecule has 33 heavy (non-hydrogen) atoms. The van der Waals surface area contributed by atoms with Crippen molar-refractivity contribution in [2.75, 3.05) is 0 Å². The molecule has 0 spiro atoms. The van der Waals surface area contributed by atoms with Gasteiger partial charge in [0.2, 0.25) is 11.8 Å². The highest BCUT2D eigenvalue weighted by atomic mass is 16.4. The standard InChI is InChI=1S/C25H26N2O6/c28-22(29)14-17(12-15-6-2-1-3-7-15)23(30)26-19-13-16-8-4-5-9-18(16)20-10-11-21(25(32)33)27(20)24(19)31/h1-9,17,19-21H,10-14H2,(H,26,30)(H,28,29)(H,32,33)/t17-,19-,20+,21-/m0/s1. The normalized spacial score (nSPS) is 22.6. The number of hydrogen-bond donors (Lipinski definition) is 3. The molecule has 2 amide bonds. The number of aliphatic carboxylic acids is 2. The first-order valence-corrected chi connectivity index (χ1v) is 11.0. The monoisotopic (exact) mass is 450 g/mol. The predicted octanol–water partition coefficient (Wildman–Crippen LogP) is 2.18. The number of carboxylic acid groups (broad SMARTS) is 2. The van der Waals surface area contributed by atoms with Gasteiger partial charge in [0.15, 0.2) is 0 Å². The van der Waals surface area contributed by atoms with E-state index in [4.69, 9.17) is 0 Å². The fraction of sp³-hybridized carbons (Fsp3) is 0.360. The summed E-state index contributed by atoms with van der Waals surface area (Å²) in [6.45, 7) is 0. The van der Waals surface area contributed by atoms with Gasteiger partial charge in [0.25, 0.3) is 0 Å². The highest BCUT2D eigenvalue weighted by molar-refractivity contribution is 5.93. The summed E-state index contributed by atoms with van der Waals surface area (Å²) in [5.74, 6) is -4.00. The maximum absolute atomic E-state index is 13.5. The zero-order valence-electron chi connectivity index (χ0n) is 18.0. The van der Waals surface area contributed by atoms with E-state index in [0.717, 1.165) is 16.7 Å². The highest BCUT2D eigenvalue weighted by Gasteiger charge is 2.46. The molecule has 0 bridgehead atoms. The molecule has 3 N–H and O–H groups in total. The average molecular weight is 450 g/mol. The van der Waals surface area contributed by atoms with Crippen molar-refractivity contribution in [2.45, 2.75) is 50.2 Å². The third-order valence-corrected chi connectivity index (χ3v) is 6.49. The number of rotatable bonds is 7. The topological polar surface area (TPSA) is 124 Å². The Kier molecular flexibility index (Phi) is 6.44. The lowest BCUT2D eigenvalue weighted by atomic mass is 9.93. The van der Waals surface area contributed by atoms with Gasteiger partial charge in [-0.2, -0.15) is 0 Å². The van der Waals surface area contributed by atoms with Gasteiger partial charge >= 0.3 is 11.9 Å². The second kappa shape index (κ2) is 9.44. The molecule has 2 heterocycles. The molecule has 4 rings (SSSR count). The SMILES string of the molecule is O=C(O)C[C@H](Cc1ccccc1)C(=O)N[C@H]1Cc2ccccc2[C@H]2CC[C@@H](C(=O)O)N2C1=O. The summed E-state index contributed by atoms with van der Waals surface area (Å²) in [5, 5.41) is 21.8. The number of amides is 2. The molecule has 8 heteroatoms. The number of carboxylic acids is 2. The van der Waals surface area contributed by atoms with Gasteiger partial charge in [-0.15, -0.1) is 0 Å². The number of nitrogens with zero attached hydrogens (tertiary/aromatic N) is 1. The van der Waals surface area contributed by atoms with E-state index in [1.165, 1.54) is 4.90 Å². The van der Waals surface area contributed by atoms with Gasteiger partial charge < -0.3 is 20.4 Å². The third-order valence-electron chi connectivity index (χ3n) is 6.49. The molecular weight excluding hydrogens is 424 g/mol. The molecule has 0 unspecified atom stereocenters. The molecule has 2 aliphatic rings. The van der Waals surface area contributed by atoms with Crippen molar-refractivity contribution in [2.24, 2.45) is 5.92 Å². The number of benzene rings is 2. The number of hydrogen-bond acceptors (Lipinski definition) is 4. The van der Waals surface area contributed by atoms with Crippen molar-refractivity contribution in [3.8, 4) is 0 Å². The molecule has 2 aromatic rings.